The van der Waals surface area contributed by atoms with Gasteiger partial charge in [0.1, 0.15) is 12.3 Å². The smallest absolute Gasteiger partial charge is 0.234 e. The Bertz CT molecular complexity index is 944. The molecule has 3 N–H and O–H groups in total. The predicted molar refractivity (Wildman–Crippen MR) is 174 cm³/mol. The number of aliphatic hydroxyl groups is 1. The minimum Gasteiger partial charge on any atom is -0.390 e. The first-order valence-electron chi connectivity index (χ1n) is 17.5. The molecule has 0 saturated heterocycles. The number of nitrogens with one attached hydrogen (secondary N) is 2. The van der Waals surface area contributed by atoms with Crippen LogP contribution in [0, 0.1) is 41.9 Å². The Balaban J connectivity index is 2.25. The zero-order valence-electron chi connectivity index (χ0n) is 28.4. The van der Waals surface area contributed by atoms with E-state index in [4.69, 9.17) is 6.42 Å². The lowest BCUT2D eigenvalue weighted by Crippen LogP contribution is -2.54. The van der Waals surface area contributed by atoms with Crippen molar-refractivity contribution in [1.29, 1.82) is 0 Å². The highest BCUT2D eigenvalue weighted by atomic mass is 19.1. The van der Waals surface area contributed by atoms with E-state index >= 15 is 0 Å². The van der Waals surface area contributed by atoms with Crippen LogP contribution in [0.15, 0.2) is 0 Å². The lowest BCUT2D eigenvalue weighted by atomic mass is 9.74. The second kappa shape index (κ2) is 20.1. The van der Waals surface area contributed by atoms with Gasteiger partial charge < -0.3 is 15.3 Å². The number of halogens is 2. The van der Waals surface area contributed by atoms with Gasteiger partial charge in [0, 0.05) is 56.8 Å². The standard InChI is InChI=1S/C35H60F2N4O4/c1-7-11-14-41(39-33(43)15-24(5)6)23-32(42)31(20-26-18-29(36)22-30(37)19-26)38-34(44)27-16-25(10-4)17-28(21-27)35(45)40(12-8-2)13-9-3/h4,24-32,42H,7-9,11-23H2,1-3,5-6H3,(H,38,44)(H,39,43). The van der Waals surface area contributed by atoms with E-state index in [2.05, 4.69) is 16.7 Å². The fraction of sp³-hybridized carbons (Fsp3) is 0.857. The summed E-state index contributed by atoms with van der Waals surface area (Å²) in [6, 6.07) is -0.789. The van der Waals surface area contributed by atoms with Crippen molar-refractivity contribution in [2.75, 3.05) is 26.2 Å². The summed E-state index contributed by atoms with van der Waals surface area (Å²) in [4.78, 5) is 41.8. The van der Waals surface area contributed by atoms with Crippen LogP contribution in [0.2, 0.25) is 0 Å². The molecule has 0 spiro atoms. The number of amides is 3. The summed E-state index contributed by atoms with van der Waals surface area (Å²) in [6.45, 7) is 11.9. The maximum Gasteiger partial charge on any atom is 0.234 e. The average molecular weight is 639 g/mol. The van der Waals surface area contributed by atoms with Crippen LogP contribution in [0.1, 0.15) is 112 Å². The summed E-state index contributed by atoms with van der Waals surface area (Å²) in [6.07, 6.45) is 7.67. The first-order valence-corrected chi connectivity index (χ1v) is 17.5. The summed E-state index contributed by atoms with van der Waals surface area (Å²) in [7, 11) is 0. The van der Waals surface area contributed by atoms with Crippen LogP contribution in [-0.2, 0) is 14.4 Å². The maximum absolute atomic E-state index is 14.4. The SMILES string of the molecule is C#CC1CC(C(=O)NC(CC2CC(F)CC(F)C2)C(O)CN(CCCC)NC(=O)CC(C)C)CC(C(=O)N(CCC)CCC)C1. The fourth-order valence-electron chi connectivity index (χ4n) is 6.94. The molecule has 0 aromatic rings. The third-order valence-electron chi connectivity index (χ3n) is 9.10. The molecule has 2 aliphatic carbocycles. The molecule has 2 saturated carbocycles. The first kappa shape index (κ1) is 38.9. The highest BCUT2D eigenvalue weighted by molar-refractivity contribution is 5.83. The monoisotopic (exact) mass is 638 g/mol. The second-order valence-electron chi connectivity index (χ2n) is 13.9. The fourth-order valence-corrected chi connectivity index (χ4v) is 6.94. The van der Waals surface area contributed by atoms with E-state index < -0.39 is 30.4 Å². The summed E-state index contributed by atoms with van der Waals surface area (Å²) in [5.41, 5.74) is 2.90. The van der Waals surface area contributed by atoms with Gasteiger partial charge in [0.25, 0.3) is 0 Å². The van der Waals surface area contributed by atoms with Crippen LogP contribution in [0.4, 0.5) is 8.78 Å². The van der Waals surface area contributed by atoms with Crippen LogP contribution in [-0.4, -0.2) is 83.4 Å². The normalized spacial score (nSPS) is 26.6. The minimum atomic E-state index is -1.26. The van der Waals surface area contributed by atoms with Gasteiger partial charge in [0.05, 0.1) is 12.1 Å². The van der Waals surface area contributed by atoms with Crippen molar-refractivity contribution in [1.82, 2.24) is 20.7 Å². The molecule has 10 heteroatoms. The molecule has 2 fully saturated rings. The lowest BCUT2D eigenvalue weighted by Gasteiger charge is -2.37. The Morgan fingerprint density at radius 1 is 0.911 bits per heavy atom. The second-order valence-corrected chi connectivity index (χ2v) is 13.9. The molecule has 258 valence electrons. The van der Waals surface area contributed by atoms with Crippen molar-refractivity contribution in [3.05, 3.63) is 0 Å². The largest absolute Gasteiger partial charge is 0.390 e. The number of hydrazine groups is 1. The van der Waals surface area contributed by atoms with Crippen molar-refractivity contribution in [2.24, 2.45) is 29.6 Å². The number of hydrogen-bond donors (Lipinski definition) is 3. The first-order chi connectivity index (χ1) is 21.4. The molecule has 0 aromatic heterocycles. The topological polar surface area (TPSA) is 102 Å². The Morgan fingerprint density at radius 3 is 2.09 bits per heavy atom. The van der Waals surface area contributed by atoms with E-state index in [0.717, 1.165) is 25.7 Å². The van der Waals surface area contributed by atoms with E-state index in [1.54, 1.807) is 5.01 Å². The van der Waals surface area contributed by atoms with Gasteiger partial charge in [-0.25, -0.2) is 13.8 Å². The number of rotatable bonds is 18. The number of carbonyl (C=O) groups is 3. The van der Waals surface area contributed by atoms with Gasteiger partial charge in [-0.2, -0.15) is 0 Å². The summed E-state index contributed by atoms with van der Waals surface area (Å²) < 4.78 is 28.7. The number of nitrogens with zero attached hydrogens (tertiary/aromatic N) is 2. The molecular weight excluding hydrogens is 578 g/mol. The van der Waals surface area contributed by atoms with Crippen LogP contribution in [0.25, 0.3) is 0 Å². The Morgan fingerprint density at radius 2 is 1.53 bits per heavy atom. The van der Waals surface area contributed by atoms with Crippen LogP contribution >= 0.6 is 0 Å². The van der Waals surface area contributed by atoms with E-state index in [9.17, 15) is 28.3 Å². The van der Waals surface area contributed by atoms with E-state index in [-0.39, 0.29) is 73.6 Å². The molecule has 7 atom stereocenters. The van der Waals surface area contributed by atoms with Crippen molar-refractivity contribution >= 4 is 17.7 Å². The van der Waals surface area contributed by atoms with E-state index in [1.807, 2.05) is 39.5 Å². The zero-order valence-corrected chi connectivity index (χ0v) is 28.4. The third-order valence-corrected chi connectivity index (χ3v) is 9.10. The van der Waals surface area contributed by atoms with E-state index in [1.165, 1.54) is 0 Å². The van der Waals surface area contributed by atoms with Crippen molar-refractivity contribution in [3.8, 4) is 12.3 Å². The molecule has 2 rings (SSSR count). The average Bonchev–Trinajstić information content (AvgIpc) is 2.97. The van der Waals surface area contributed by atoms with Crippen LogP contribution < -0.4 is 10.7 Å². The molecular formula is C35H60F2N4O4. The van der Waals surface area contributed by atoms with Gasteiger partial charge in [0.15, 0.2) is 0 Å². The van der Waals surface area contributed by atoms with Gasteiger partial charge >= 0.3 is 0 Å². The highest BCUT2D eigenvalue weighted by Gasteiger charge is 2.39. The highest BCUT2D eigenvalue weighted by Crippen LogP contribution is 2.36. The minimum absolute atomic E-state index is 0.0296. The van der Waals surface area contributed by atoms with Crippen molar-refractivity contribution < 1.29 is 28.3 Å². The molecule has 0 radical (unpaired) electrons. The molecule has 0 aromatic carbocycles. The summed E-state index contributed by atoms with van der Waals surface area (Å²) in [5.74, 6) is 1.05. The van der Waals surface area contributed by atoms with Gasteiger partial charge in [-0.15, -0.1) is 12.3 Å². The number of unbranched alkanes of at least 4 members (excludes halogenated alkanes) is 1. The Hall–Kier alpha value is -2.25. The number of hydrogen-bond acceptors (Lipinski definition) is 5. The number of aliphatic hydroxyl groups excluding tert-OH is 1. The number of alkyl halides is 2. The summed E-state index contributed by atoms with van der Waals surface area (Å²) in [5, 5.41) is 16.2. The maximum atomic E-state index is 14.4. The van der Waals surface area contributed by atoms with Crippen LogP contribution in [0.3, 0.4) is 0 Å². The molecule has 8 nitrogen and oxygen atoms in total. The Labute approximate surface area is 270 Å². The van der Waals surface area contributed by atoms with Crippen LogP contribution in [0.5, 0.6) is 0 Å². The quantitative estimate of drug-likeness (QED) is 0.142. The molecule has 2 aliphatic rings. The van der Waals surface area contributed by atoms with Crippen molar-refractivity contribution in [2.45, 2.75) is 136 Å². The summed E-state index contributed by atoms with van der Waals surface area (Å²) >= 11 is 0. The van der Waals surface area contributed by atoms with E-state index in [0.29, 0.717) is 45.3 Å². The van der Waals surface area contributed by atoms with Gasteiger partial charge in [-0.05, 0) is 69.6 Å². The Kier molecular flexibility index (Phi) is 17.4. The molecule has 3 amide bonds. The third kappa shape index (κ3) is 13.6. The molecule has 0 aliphatic heterocycles. The van der Waals surface area contributed by atoms with Crippen molar-refractivity contribution in [3.63, 3.8) is 0 Å². The molecule has 45 heavy (non-hydrogen) atoms. The zero-order chi connectivity index (χ0) is 33.5. The number of carbonyl (C=O) groups excluding carboxylic acids is 3. The number of terminal acetylenes is 1. The lowest BCUT2D eigenvalue weighted by molar-refractivity contribution is -0.139. The molecule has 7 unspecified atom stereocenters. The molecule has 0 bridgehead atoms. The van der Waals surface area contributed by atoms with Gasteiger partial charge in [0.2, 0.25) is 17.7 Å². The van der Waals surface area contributed by atoms with Gasteiger partial charge in [-0.1, -0.05) is 41.0 Å². The molecule has 0 heterocycles. The van der Waals surface area contributed by atoms with Gasteiger partial charge in [-0.3, -0.25) is 19.8 Å². The predicted octanol–water partition coefficient (Wildman–Crippen LogP) is 5.19.